The minimum atomic E-state index is -2.73. The van der Waals surface area contributed by atoms with Gasteiger partial charge < -0.3 is 10.2 Å². The second-order valence-corrected chi connectivity index (χ2v) is 5.74. The zero-order chi connectivity index (χ0) is 16.4. The molecule has 1 aromatic heterocycles. The third kappa shape index (κ3) is 3.38. The molecule has 0 aliphatic carbocycles. The highest BCUT2D eigenvalue weighted by Crippen LogP contribution is 2.25. The highest BCUT2D eigenvalue weighted by molar-refractivity contribution is 5.89. The van der Waals surface area contributed by atoms with Gasteiger partial charge in [0, 0.05) is 30.9 Å². The van der Waals surface area contributed by atoms with Crippen molar-refractivity contribution < 1.29 is 13.6 Å². The van der Waals surface area contributed by atoms with Crippen LogP contribution < -0.4 is 5.32 Å². The Morgan fingerprint density at radius 1 is 1.30 bits per heavy atom. The number of carbonyl (C=O) groups is 1. The molecular formula is C16H18F2N4O. The van der Waals surface area contributed by atoms with Gasteiger partial charge in [-0.3, -0.25) is 4.79 Å². The quantitative estimate of drug-likeness (QED) is 0.920. The Morgan fingerprint density at radius 3 is 2.78 bits per heavy atom. The number of carbonyl (C=O) groups excluding carboxylic acids is 1. The first-order chi connectivity index (χ1) is 11.0. The van der Waals surface area contributed by atoms with E-state index in [0.717, 1.165) is 13.0 Å². The fourth-order valence-corrected chi connectivity index (χ4v) is 2.81. The summed E-state index contributed by atoms with van der Waals surface area (Å²) in [6.45, 7) is 3.18. The Bertz CT molecular complexity index is 722. The van der Waals surface area contributed by atoms with Gasteiger partial charge in [0.15, 0.2) is 5.82 Å². The predicted octanol–water partition coefficient (Wildman–Crippen LogP) is 2.99. The molecule has 1 fully saturated rings. The maximum Gasteiger partial charge on any atom is 0.297 e. The van der Waals surface area contributed by atoms with Crippen LogP contribution in [0.1, 0.15) is 32.0 Å². The van der Waals surface area contributed by atoms with Gasteiger partial charge in [-0.2, -0.15) is 0 Å². The molecule has 3 rings (SSSR count). The van der Waals surface area contributed by atoms with Crippen LogP contribution in [0.15, 0.2) is 24.3 Å². The summed E-state index contributed by atoms with van der Waals surface area (Å²) in [7, 11) is 0. The number of halogens is 2. The van der Waals surface area contributed by atoms with E-state index in [4.69, 9.17) is 0 Å². The number of aromatic nitrogens is 2. The van der Waals surface area contributed by atoms with Gasteiger partial charge in [0.2, 0.25) is 5.91 Å². The summed E-state index contributed by atoms with van der Waals surface area (Å²) in [5, 5.41) is 3.84. The molecule has 122 valence electrons. The second kappa shape index (κ2) is 6.44. The van der Waals surface area contributed by atoms with Gasteiger partial charge in [0.25, 0.3) is 6.43 Å². The van der Waals surface area contributed by atoms with Crippen LogP contribution in [0.3, 0.4) is 0 Å². The maximum atomic E-state index is 13.0. The van der Waals surface area contributed by atoms with E-state index in [2.05, 4.69) is 15.3 Å². The van der Waals surface area contributed by atoms with Crippen LogP contribution in [0.5, 0.6) is 0 Å². The van der Waals surface area contributed by atoms with Crippen molar-refractivity contribution in [3.8, 4) is 0 Å². The number of rotatable bonds is 5. The van der Waals surface area contributed by atoms with E-state index in [1.54, 1.807) is 23.1 Å². The third-order valence-electron chi connectivity index (χ3n) is 3.86. The predicted molar refractivity (Wildman–Crippen MR) is 83.4 cm³/mol. The highest BCUT2D eigenvalue weighted by atomic mass is 19.3. The molecule has 5 nitrogen and oxygen atoms in total. The van der Waals surface area contributed by atoms with E-state index in [1.807, 2.05) is 13.0 Å². The number of hydrogen-bond donors (Lipinski definition) is 1. The molecule has 0 spiro atoms. The first kappa shape index (κ1) is 15.6. The van der Waals surface area contributed by atoms with E-state index in [9.17, 15) is 13.6 Å². The van der Waals surface area contributed by atoms with Gasteiger partial charge >= 0.3 is 0 Å². The molecule has 1 saturated heterocycles. The molecule has 2 heterocycles. The number of para-hydroxylation sites is 1. The number of amides is 1. The van der Waals surface area contributed by atoms with Crippen molar-refractivity contribution in [2.45, 2.75) is 32.2 Å². The summed E-state index contributed by atoms with van der Waals surface area (Å²) < 4.78 is 26.0. The van der Waals surface area contributed by atoms with Crippen LogP contribution in [0.25, 0.3) is 10.9 Å². The Kier molecular flexibility index (Phi) is 4.36. The number of hydrogen-bond acceptors (Lipinski definition) is 4. The summed E-state index contributed by atoms with van der Waals surface area (Å²) in [5.74, 6) is 0.0279. The molecule has 1 atom stereocenters. The molecular weight excluding hydrogens is 302 g/mol. The van der Waals surface area contributed by atoms with E-state index in [0.29, 0.717) is 29.7 Å². The molecule has 1 aliphatic heterocycles. The fraction of sp³-hybridized carbons (Fsp3) is 0.438. The van der Waals surface area contributed by atoms with Gasteiger partial charge in [0.1, 0.15) is 5.82 Å². The molecule has 7 heteroatoms. The van der Waals surface area contributed by atoms with E-state index >= 15 is 0 Å². The molecule has 1 aromatic carbocycles. The van der Waals surface area contributed by atoms with Crippen molar-refractivity contribution in [3.63, 3.8) is 0 Å². The number of benzene rings is 1. The van der Waals surface area contributed by atoms with Crippen LogP contribution in [-0.2, 0) is 4.79 Å². The lowest BCUT2D eigenvalue weighted by molar-refractivity contribution is -0.127. The summed E-state index contributed by atoms with van der Waals surface area (Å²) in [6, 6.07) is 6.94. The number of fused-ring (bicyclic) bond motifs is 1. The Hall–Kier alpha value is -2.31. The Balaban J connectivity index is 1.84. The topological polar surface area (TPSA) is 58.1 Å². The summed E-state index contributed by atoms with van der Waals surface area (Å²) >= 11 is 0. The maximum absolute atomic E-state index is 13.0. The van der Waals surface area contributed by atoms with Crippen LogP contribution in [0, 0.1) is 0 Å². The lowest BCUT2D eigenvalue weighted by Crippen LogP contribution is -2.36. The van der Waals surface area contributed by atoms with E-state index < -0.39 is 12.2 Å². The Morgan fingerprint density at radius 2 is 2.09 bits per heavy atom. The summed E-state index contributed by atoms with van der Waals surface area (Å²) in [4.78, 5) is 21.3. The average Bonchev–Trinajstić information content (AvgIpc) is 2.92. The molecule has 2 aromatic rings. The van der Waals surface area contributed by atoms with Crippen molar-refractivity contribution in [3.05, 3.63) is 30.1 Å². The molecule has 0 bridgehead atoms. The zero-order valence-electron chi connectivity index (χ0n) is 12.8. The monoisotopic (exact) mass is 320 g/mol. The van der Waals surface area contributed by atoms with Gasteiger partial charge in [-0.15, -0.1) is 0 Å². The first-order valence-corrected chi connectivity index (χ1v) is 7.63. The standard InChI is InChI=1S/C16H18F2N4O/c1-10(9-22-8-4-7-13(22)23)19-15-11-5-2-3-6-12(11)20-16(21-15)14(17)18/h2-3,5-6,10,14H,4,7-9H2,1H3,(H,19,20,21)/t10-/m1/s1. The van der Waals surface area contributed by atoms with Crippen LogP contribution in [-0.4, -0.2) is 39.9 Å². The van der Waals surface area contributed by atoms with Crippen LogP contribution >= 0.6 is 0 Å². The normalized spacial score (nSPS) is 16.3. The molecule has 1 N–H and O–H groups in total. The number of likely N-dealkylation sites (tertiary alicyclic amines) is 1. The van der Waals surface area contributed by atoms with E-state index in [-0.39, 0.29) is 11.9 Å². The summed E-state index contributed by atoms with van der Waals surface area (Å²) in [6.07, 6.45) is -1.27. The van der Waals surface area contributed by atoms with Crippen molar-refractivity contribution in [2.24, 2.45) is 0 Å². The number of anilines is 1. The Labute approximate surface area is 132 Å². The number of nitrogens with zero attached hydrogens (tertiary/aromatic N) is 3. The van der Waals surface area contributed by atoms with Gasteiger partial charge in [-0.05, 0) is 25.5 Å². The second-order valence-electron chi connectivity index (χ2n) is 5.74. The largest absolute Gasteiger partial charge is 0.365 e. The van der Waals surface area contributed by atoms with Gasteiger partial charge in [-0.1, -0.05) is 12.1 Å². The van der Waals surface area contributed by atoms with Crippen molar-refractivity contribution in [2.75, 3.05) is 18.4 Å². The van der Waals surface area contributed by atoms with Crippen LogP contribution in [0.2, 0.25) is 0 Å². The van der Waals surface area contributed by atoms with Crippen LogP contribution in [0.4, 0.5) is 14.6 Å². The minimum absolute atomic E-state index is 0.0964. The molecule has 0 saturated carbocycles. The zero-order valence-corrected chi connectivity index (χ0v) is 12.8. The number of alkyl halides is 2. The van der Waals surface area contributed by atoms with Gasteiger partial charge in [-0.25, -0.2) is 18.7 Å². The number of nitrogens with one attached hydrogen (secondary N) is 1. The SMILES string of the molecule is C[C@H](CN1CCCC1=O)Nc1nc(C(F)F)nc2ccccc12. The first-order valence-electron chi connectivity index (χ1n) is 7.63. The third-order valence-corrected chi connectivity index (χ3v) is 3.86. The molecule has 1 aliphatic rings. The molecule has 0 radical (unpaired) electrons. The highest BCUT2D eigenvalue weighted by Gasteiger charge is 2.22. The molecule has 0 unspecified atom stereocenters. The average molecular weight is 320 g/mol. The van der Waals surface area contributed by atoms with Crippen molar-refractivity contribution >= 4 is 22.6 Å². The fourth-order valence-electron chi connectivity index (χ4n) is 2.81. The minimum Gasteiger partial charge on any atom is -0.365 e. The molecule has 1 amide bonds. The lowest BCUT2D eigenvalue weighted by atomic mass is 10.2. The molecule has 23 heavy (non-hydrogen) atoms. The van der Waals surface area contributed by atoms with E-state index in [1.165, 1.54) is 0 Å². The smallest absolute Gasteiger partial charge is 0.297 e. The van der Waals surface area contributed by atoms with Crippen molar-refractivity contribution in [1.82, 2.24) is 14.9 Å². The summed E-state index contributed by atoms with van der Waals surface area (Å²) in [5.41, 5.74) is 0.477. The lowest BCUT2D eigenvalue weighted by Gasteiger charge is -2.22. The van der Waals surface area contributed by atoms with Crippen molar-refractivity contribution in [1.29, 1.82) is 0 Å². The van der Waals surface area contributed by atoms with Gasteiger partial charge in [0.05, 0.1) is 5.52 Å².